The fourth-order valence-corrected chi connectivity index (χ4v) is 2.21. The number of nitrogens with one attached hydrogen (secondary N) is 3. The average Bonchev–Trinajstić information content (AvgIpc) is 3.17. The predicted octanol–water partition coefficient (Wildman–Crippen LogP) is -0.790. The Bertz CT molecular complexity index is 750. The Morgan fingerprint density at radius 2 is 1.93 bits per heavy atom. The number of carbonyl (C=O) groups excluding carboxylic acids is 3. The molecule has 1 aromatic heterocycles. The van der Waals surface area contributed by atoms with Crippen LogP contribution in [0.25, 0.3) is 0 Å². The van der Waals surface area contributed by atoms with Crippen molar-refractivity contribution in [2.75, 3.05) is 6.61 Å². The molecule has 0 unspecified atom stereocenters. The lowest BCUT2D eigenvalue weighted by molar-refractivity contribution is -0.129. The maximum atomic E-state index is 12.4. The van der Waals surface area contributed by atoms with Gasteiger partial charge in [0.1, 0.15) is 18.7 Å². The van der Waals surface area contributed by atoms with Crippen LogP contribution in [0.5, 0.6) is 0 Å². The monoisotopic (exact) mass is 375 g/mol. The van der Waals surface area contributed by atoms with E-state index < -0.39 is 36.6 Å². The quantitative estimate of drug-likeness (QED) is 0.386. The summed E-state index contributed by atoms with van der Waals surface area (Å²) in [5.41, 5.74) is 6.47. The molecule has 0 aliphatic heterocycles. The van der Waals surface area contributed by atoms with Crippen LogP contribution in [0.4, 0.5) is 4.79 Å². The number of aliphatic hydroxyl groups is 1. The number of aromatic nitrogens is 2. The zero-order chi connectivity index (χ0) is 19.6. The van der Waals surface area contributed by atoms with Crippen LogP contribution in [0, 0.1) is 0 Å². The molecule has 0 aliphatic carbocycles. The van der Waals surface area contributed by atoms with Crippen molar-refractivity contribution in [3.63, 3.8) is 0 Å². The van der Waals surface area contributed by atoms with Crippen molar-refractivity contribution in [2.24, 2.45) is 5.73 Å². The van der Waals surface area contributed by atoms with E-state index in [1.807, 2.05) is 18.2 Å². The molecule has 27 heavy (non-hydrogen) atoms. The van der Waals surface area contributed by atoms with Crippen LogP contribution in [-0.2, 0) is 27.4 Å². The number of alkyl carbamates (subject to hydrolysis) is 1. The highest BCUT2D eigenvalue weighted by atomic mass is 16.5. The second kappa shape index (κ2) is 9.92. The second-order valence-electron chi connectivity index (χ2n) is 5.69. The number of nitrogens with zero attached hydrogens (tertiary/aromatic N) is 1. The molecule has 0 bridgehead atoms. The van der Waals surface area contributed by atoms with E-state index in [1.54, 1.807) is 12.1 Å². The lowest BCUT2D eigenvalue weighted by Gasteiger charge is -2.20. The number of benzene rings is 1. The van der Waals surface area contributed by atoms with Gasteiger partial charge in [-0.15, -0.1) is 0 Å². The molecule has 2 rings (SSSR count). The molecular weight excluding hydrogens is 354 g/mol. The number of H-pyrrole nitrogens is 1. The zero-order valence-corrected chi connectivity index (χ0v) is 14.4. The predicted molar refractivity (Wildman–Crippen MR) is 94.1 cm³/mol. The van der Waals surface area contributed by atoms with Crippen LogP contribution in [-0.4, -0.2) is 51.7 Å². The molecule has 10 nitrogen and oxygen atoms in total. The molecule has 0 saturated heterocycles. The normalized spacial score (nSPS) is 12.6. The number of carbonyl (C=O) groups is 3. The third-order valence-corrected chi connectivity index (χ3v) is 3.64. The molecular formula is C17H21N5O5. The molecule has 0 spiro atoms. The van der Waals surface area contributed by atoms with Crippen LogP contribution in [0.3, 0.4) is 0 Å². The number of hydrogen-bond donors (Lipinski definition) is 5. The molecule has 6 N–H and O–H groups in total. The van der Waals surface area contributed by atoms with Crippen molar-refractivity contribution < 1.29 is 24.2 Å². The van der Waals surface area contributed by atoms with Gasteiger partial charge in [-0.3, -0.25) is 9.59 Å². The summed E-state index contributed by atoms with van der Waals surface area (Å²) in [5.74, 6) is -1.59. The van der Waals surface area contributed by atoms with Crippen LogP contribution in [0.2, 0.25) is 0 Å². The smallest absolute Gasteiger partial charge is 0.408 e. The minimum atomic E-state index is -1.26. The van der Waals surface area contributed by atoms with E-state index in [1.165, 1.54) is 12.5 Å². The van der Waals surface area contributed by atoms with Gasteiger partial charge < -0.3 is 31.2 Å². The first-order valence-corrected chi connectivity index (χ1v) is 8.14. The summed E-state index contributed by atoms with van der Waals surface area (Å²) in [5, 5.41) is 13.9. The molecule has 3 amide bonds. The standard InChI is InChI=1S/C17H21N5O5/c18-15(24)14(8-23)21-16(25)13(6-12-7-19-10-20-12)22-17(26)27-9-11-4-2-1-3-5-11/h1-5,7,10,13-14,23H,6,8-9H2,(H2,18,24)(H,19,20)(H,21,25)(H,22,26)/t13-,14-/m0/s1. The Kier molecular flexibility index (Phi) is 7.32. The van der Waals surface area contributed by atoms with E-state index >= 15 is 0 Å². The van der Waals surface area contributed by atoms with Crippen LogP contribution < -0.4 is 16.4 Å². The zero-order valence-electron chi connectivity index (χ0n) is 14.4. The van der Waals surface area contributed by atoms with Gasteiger partial charge in [-0.1, -0.05) is 30.3 Å². The summed E-state index contributed by atoms with van der Waals surface area (Å²) in [6.45, 7) is -0.623. The largest absolute Gasteiger partial charge is 0.445 e. The van der Waals surface area contributed by atoms with Gasteiger partial charge in [0.15, 0.2) is 0 Å². The van der Waals surface area contributed by atoms with E-state index in [9.17, 15) is 14.4 Å². The second-order valence-corrected chi connectivity index (χ2v) is 5.69. The fourth-order valence-electron chi connectivity index (χ4n) is 2.21. The van der Waals surface area contributed by atoms with E-state index in [4.69, 9.17) is 15.6 Å². The summed E-state index contributed by atoms with van der Waals surface area (Å²) in [6, 6.07) is 6.71. The third-order valence-electron chi connectivity index (χ3n) is 3.64. The average molecular weight is 375 g/mol. The number of ether oxygens (including phenoxy) is 1. The number of aliphatic hydroxyl groups excluding tert-OH is 1. The molecule has 0 fully saturated rings. The van der Waals surface area contributed by atoms with Crippen LogP contribution in [0.15, 0.2) is 42.9 Å². The summed E-state index contributed by atoms with van der Waals surface area (Å²) in [7, 11) is 0. The molecule has 0 aliphatic rings. The molecule has 0 saturated carbocycles. The fraction of sp³-hybridized carbons (Fsp3) is 0.294. The SMILES string of the molecule is NC(=O)[C@H](CO)NC(=O)[C@H](Cc1cnc[nH]1)NC(=O)OCc1ccccc1. The highest BCUT2D eigenvalue weighted by Gasteiger charge is 2.26. The molecule has 2 atom stereocenters. The molecule has 2 aromatic rings. The van der Waals surface area contributed by atoms with Gasteiger partial charge in [-0.05, 0) is 5.56 Å². The van der Waals surface area contributed by atoms with Crippen molar-refractivity contribution in [1.29, 1.82) is 0 Å². The Hall–Kier alpha value is -3.40. The molecule has 0 radical (unpaired) electrons. The van der Waals surface area contributed by atoms with E-state index in [2.05, 4.69) is 20.6 Å². The highest BCUT2D eigenvalue weighted by molar-refractivity contribution is 5.90. The van der Waals surface area contributed by atoms with Crippen molar-refractivity contribution in [3.05, 3.63) is 54.1 Å². The van der Waals surface area contributed by atoms with Crippen LogP contribution in [0.1, 0.15) is 11.3 Å². The maximum absolute atomic E-state index is 12.4. The maximum Gasteiger partial charge on any atom is 0.408 e. The summed E-state index contributed by atoms with van der Waals surface area (Å²) >= 11 is 0. The van der Waals surface area contributed by atoms with E-state index in [-0.39, 0.29) is 13.0 Å². The topological polar surface area (TPSA) is 159 Å². The first-order valence-electron chi connectivity index (χ1n) is 8.14. The molecule has 1 aromatic carbocycles. The third kappa shape index (κ3) is 6.44. The molecule has 144 valence electrons. The minimum absolute atomic E-state index is 0.0334. The Morgan fingerprint density at radius 1 is 1.19 bits per heavy atom. The van der Waals surface area contributed by atoms with Gasteiger partial charge in [0.05, 0.1) is 12.9 Å². The first kappa shape index (κ1) is 19.9. The summed E-state index contributed by atoms with van der Waals surface area (Å²) < 4.78 is 5.11. The van der Waals surface area contributed by atoms with Crippen molar-refractivity contribution in [3.8, 4) is 0 Å². The summed E-state index contributed by atoms with van der Waals surface area (Å²) in [6.07, 6.45) is 2.19. The van der Waals surface area contributed by atoms with Crippen LogP contribution >= 0.6 is 0 Å². The number of hydrogen-bond acceptors (Lipinski definition) is 6. The lowest BCUT2D eigenvalue weighted by Crippen LogP contribution is -2.54. The summed E-state index contributed by atoms with van der Waals surface area (Å²) in [4.78, 5) is 42.4. The Morgan fingerprint density at radius 3 is 2.52 bits per heavy atom. The number of nitrogens with two attached hydrogens (primary N) is 1. The van der Waals surface area contributed by atoms with Crippen molar-refractivity contribution >= 4 is 17.9 Å². The molecule has 10 heteroatoms. The number of rotatable bonds is 9. The molecule has 1 heterocycles. The van der Waals surface area contributed by atoms with Gasteiger partial charge >= 0.3 is 6.09 Å². The van der Waals surface area contributed by atoms with Gasteiger partial charge in [-0.2, -0.15) is 0 Å². The van der Waals surface area contributed by atoms with E-state index in [0.29, 0.717) is 5.69 Å². The number of imidazole rings is 1. The highest BCUT2D eigenvalue weighted by Crippen LogP contribution is 2.03. The number of amides is 3. The lowest BCUT2D eigenvalue weighted by atomic mass is 10.1. The Labute approximate surface area is 155 Å². The van der Waals surface area contributed by atoms with Crippen molar-refractivity contribution in [1.82, 2.24) is 20.6 Å². The number of primary amides is 1. The van der Waals surface area contributed by atoms with Crippen molar-refractivity contribution in [2.45, 2.75) is 25.1 Å². The van der Waals surface area contributed by atoms with E-state index in [0.717, 1.165) is 5.56 Å². The number of aromatic amines is 1. The first-order chi connectivity index (χ1) is 13.0. The van der Waals surface area contributed by atoms with Gasteiger partial charge in [-0.25, -0.2) is 9.78 Å². The Balaban J connectivity index is 1.99. The van der Waals surface area contributed by atoms with Gasteiger partial charge in [0.25, 0.3) is 0 Å². The minimum Gasteiger partial charge on any atom is -0.445 e. The van der Waals surface area contributed by atoms with Gasteiger partial charge in [0, 0.05) is 18.3 Å². The van der Waals surface area contributed by atoms with Gasteiger partial charge in [0.2, 0.25) is 11.8 Å².